The number of carbonyl (C=O) groups excluding carboxylic acids is 2. The van der Waals surface area contributed by atoms with Crippen molar-refractivity contribution < 1.29 is 9.59 Å². The van der Waals surface area contributed by atoms with Crippen LogP contribution in [0.2, 0.25) is 0 Å². The number of nitrogens with zero attached hydrogens (tertiary/aromatic N) is 3. The minimum absolute atomic E-state index is 0.166. The quantitative estimate of drug-likeness (QED) is 0.657. The second-order valence-corrected chi connectivity index (χ2v) is 6.92. The van der Waals surface area contributed by atoms with Crippen LogP contribution >= 0.6 is 0 Å². The van der Waals surface area contributed by atoms with Crippen molar-refractivity contribution in [1.82, 2.24) is 9.78 Å². The fourth-order valence-corrected chi connectivity index (χ4v) is 3.35. The van der Waals surface area contributed by atoms with Gasteiger partial charge in [-0.15, -0.1) is 0 Å². The molecule has 0 radical (unpaired) electrons. The van der Waals surface area contributed by atoms with Gasteiger partial charge >= 0.3 is 0 Å². The zero-order valence-corrected chi connectivity index (χ0v) is 16.0. The van der Waals surface area contributed by atoms with Gasteiger partial charge < -0.3 is 10.2 Å². The average Bonchev–Trinajstić information content (AvgIpc) is 3.36. The van der Waals surface area contributed by atoms with Crippen molar-refractivity contribution in [3.05, 3.63) is 84.1 Å². The van der Waals surface area contributed by atoms with Gasteiger partial charge in [0.25, 0.3) is 0 Å². The minimum atomic E-state index is -0.224. The highest BCUT2D eigenvalue weighted by Gasteiger charge is 2.21. The summed E-state index contributed by atoms with van der Waals surface area (Å²) in [7, 11) is 0. The van der Waals surface area contributed by atoms with Crippen LogP contribution in [0, 0.1) is 0 Å². The van der Waals surface area contributed by atoms with Gasteiger partial charge in [-0.25, -0.2) is 4.68 Å². The van der Waals surface area contributed by atoms with E-state index in [-0.39, 0.29) is 11.8 Å². The summed E-state index contributed by atoms with van der Waals surface area (Å²) in [5.74, 6) is 0.588. The molecule has 0 spiro atoms. The Kier molecular flexibility index (Phi) is 5.52. The fourth-order valence-electron chi connectivity index (χ4n) is 3.35. The molecule has 2 aromatic carbocycles. The number of hydrogen-bond acceptors (Lipinski definition) is 3. The van der Waals surface area contributed by atoms with Crippen molar-refractivity contribution in [2.75, 3.05) is 16.8 Å². The van der Waals surface area contributed by atoms with E-state index >= 15 is 0 Å². The molecule has 0 aliphatic carbocycles. The molecule has 6 nitrogen and oxygen atoms in total. The molecule has 1 aliphatic rings. The predicted molar refractivity (Wildman–Crippen MR) is 113 cm³/mol. The van der Waals surface area contributed by atoms with Gasteiger partial charge in [0, 0.05) is 30.8 Å². The Morgan fingerprint density at radius 1 is 1.07 bits per heavy atom. The smallest absolute Gasteiger partial charge is 0.249 e. The Bertz CT molecular complexity index is 1020. The van der Waals surface area contributed by atoms with Crippen molar-refractivity contribution in [1.29, 1.82) is 0 Å². The Morgan fingerprint density at radius 2 is 1.86 bits per heavy atom. The molecule has 1 N–H and O–H groups in total. The van der Waals surface area contributed by atoms with E-state index in [2.05, 4.69) is 10.4 Å². The molecule has 4 rings (SSSR count). The molecule has 29 heavy (non-hydrogen) atoms. The van der Waals surface area contributed by atoms with E-state index < -0.39 is 0 Å². The largest absolute Gasteiger partial charge is 0.312 e. The lowest BCUT2D eigenvalue weighted by atomic mass is 10.2. The molecular formula is C23H22N4O2. The first-order chi connectivity index (χ1) is 14.2. The lowest BCUT2D eigenvalue weighted by Crippen LogP contribution is -2.23. The molecule has 1 fully saturated rings. The van der Waals surface area contributed by atoms with Crippen LogP contribution < -0.4 is 10.2 Å². The van der Waals surface area contributed by atoms with Gasteiger partial charge in [0.2, 0.25) is 11.8 Å². The predicted octanol–water partition coefficient (Wildman–Crippen LogP) is 3.71. The first-order valence-electron chi connectivity index (χ1n) is 9.64. The molecule has 2 amide bonds. The lowest BCUT2D eigenvalue weighted by molar-refractivity contribution is -0.117. The summed E-state index contributed by atoms with van der Waals surface area (Å²) in [5, 5.41) is 7.15. The Labute approximate surface area is 169 Å². The van der Waals surface area contributed by atoms with Crippen LogP contribution in [0.1, 0.15) is 24.0 Å². The molecule has 1 aliphatic heterocycles. The minimum Gasteiger partial charge on any atom is -0.312 e. The van der Waals surface area contributed by atoms with Crippen LogP contribution in [-0.2, 0) is 16.1 Å². The summed E-state index contributed by atoms with van der Waals surface area (Å²) in [6.07, 6.45) is 6.43. The third-order valence-electron chi connectivity index (χ3n) is 4.85. The molecule has 0 atom stereocenters. The van der Waals surface area contributed by atoms with Crippen molar-refractivity contribution in [3.8, 4) is 0 Å². The number of carbonyl (C=O) groups is 2. The van der Waals surface area contributed by atoms with E-state index in [4.69, 9.17) is 0 Å². The molecule has 2 heterocycles. The molecule has 0 saturated carbocycles. The van der Waals surface area contributed by atoms with Crippen LogP contribution in [0.15, 0.2) is 72.9 Å². The SMILES string of the molecule is O=C(/C=C/c1ccc(N2CCCC2=O)cc1)Nc1ccnn1Cc1ccccc1. The highest BCUT2D eigenvalue weighted by Crippen LogP contribution is 2.22. The van der Waals surface area contributed by atoms with Crippen molar-refractivity contribution in [3.63, 3.8) is 0 Å². The normalized spacial score (nSPS) is 13.9. The average molecular weight is 386 g/mol. The number of amides is 2. The second-order valence-electron chi connectivity index (χ2n) is 6.92. The number of rotatable bonds is 6. The number of nitrogens with one attached hydrogen (secondary N) is 1. The van der Waals surface area contributed by atoms with E-state index in [1.807, 2.05) is 54.6 Å². The van der Waals surface area contributed by atoms with Crippen LogP contribution in [0.5, 0.6) is 0 Å². The van der Waals surface area contributed by atoms with Crippen LogP contribution in [0.3, 0.4) is 0 Å². The summed E-state index contributed by atoms with van der Waals surface area (Å²) in [5.41, 5.74) is 2.91. The van der Waals surface area contributed by atoms with E-state index in [9.17, 15) is 9.59 Å². The standard InChI is InChI=1S/C23H22N4O2/c28-22(25-21-14-15-24-27(21)17-19-5-2-1-3-6-19)13-10-18-8-11-20(12-9-18)26-16-4-7-23(26)29/h1-3,5-6,8-15H,4,7,16-17H2,(H,25,28)/b13-10+. The van der Waals surface area contributed by atoms with E-state index in [1.165, 1.54) is 6.08 Å². The van der Waals surface area contributed by atoms with E-state index in [1.54, 1.807) is 27.9 Å². The van der Waals surface area contributed by atoms with Gasteiger partial charge in [-0.05, 0) is 35.8 Å². The first kappa shape index (κ1) is 18.7. The first-order valence-corrected chi connectivity index (χ1v) is 9.64. The second kappa shape index (κ2) is 8.56. The van der Waals surface area contributed by atoms with Crippen LogP contribution in [-0.4, -0.2) is 28.1 Å². The van der Waals surface area contributed by atoms with Gasteiger partial charge in [-0.2, -0.15) is 5.10 Å². The zero-order valence-electron chi connectivity index (χ0n) is 16.0. The summed E-state index contributed by atoms with van der Waals surface area (Å²) < 4.78 is 1.75. The van der Waals surface area contributed by atoms with Gasteiger partial charge in [-0.3, -0.25) is 9.59 Å². The third-order valence-corrected chi connectivity index (χ3v) is 4.85. The monoisotopic (exact) mass is 386 g/mol. The Balaban J connectivity index is 1.37. The van der Waals surface area contributed by atoms with E-state index in [0.717, 1.165) is 29.8 Å². The molecule has 0 unspecified atom stereocenters. The Morgan fingerprint density at radius 3 is 2.59 bits per heavy atom. The highest BCUT2D eigenvalue weighted by atomic mass is 16.2. The van der Waals surface area contributed by atoms with Gasteiger partial charge in [0.1, 0.15) is 5.82 Å². The van der Waals surface area contributed by atoms with Crippen LogP contribution in [0.25, 0.3) is 6.08 Å². The summed E-state index contributed by atoms with van der Waals surface area (Å²) >= 11 is 0. The molecular weight excluding hydrogens is 364 g/mol. The number of aromatic nitrogens is 2. The van der Waals surface area contributed by atoms with Crippen molar-refractivity contribution in [2.24, 2.45) is 0 Å². The number of benzene rings is 2. The zero-order chi connectivity index (χ0) is 20.1. The summed E-state index contributed by atoms with van der Waals surface area (Å²) in [6.45, 7) is 1.36. The maximum atomic E-state index is 12.3. The third kappa shape index (κ3) is 4.60. The maximum Gasteiger partial charge on any atom is 0.249 e. The molecule has 6 heteroatoms. The molecule has 3 aromatic rings. The van der Waals surface area contributed by atoms with E-state index in [0.29, 0.717) is 18.8 Å². The summed E-state index contributed by atoms with van der Waals surface area (Å²) in [6, 6.07) is 19.4. The van der Waals surface area contributed by atoms with Gasteiger partial charge in [0.05, 0.1) is 12.7 Å². The van der Waals surface area contributed by atoms with Crippen LogP contribution in [0.4, 0.5) is 11.5 Å². The van der Waals surface area contributed by atoms with Crippen molar-refractivity contribution in [2.45, 2.75) is 19.4 Å². The van der Waals surface area contributed by atoms with Gasteiger partial charge in [-0.1, -0.05) is 42.5 Å². The molecule has 146 valence electrons. The Hall–Kier alpha value is -3.67. The summed E-state index contributed by atoms with van der Waals surface area (Å²) in [4.78, 5) is 25.9. The van der Waals surface area contributed by atoms with Gasteiger partial charge in [0.15, 0.2) is 0 Å². The highest BCUT2D eigenvalue weighted by molar-refractivity contribution is 6.01. The molecule has 0 bridgehead atoms. The fraction of sp³-hybridized carbons (Fsp3) is 0.174. The molecule has 1 aromatic heterocycles. The number of anilines is 2. The topological polar surface area (TPSA) is 67.2 Å². The maximum absolute atomic E-state index is 12.3. The number of hydrogen-bond donors (Lipinski definition) is 1. The van der Waals surface area contributed by atoms with Crippen molar-refractivity contribution >= 4 is 29.4 Å². The molecule has 1 saturated heterocycles. The lowest BCUT2D eigenvalue weighted by Gasteiger charge is -2.15.